The fourth-order valence-electron chi connectivity index (χ4n) is 0. The molecule has 0 saturated carbocycles. The molecule has 0 saturated heterocycles. The van der Waals surface area contributed by atoms with Gasteiger partial charge in [0.05, 0.1) is 36.2 Å². The molecule has 0 spiro atoms. The topological polar surface area (TPSA) is 181 Å². The Bertz CT molecular complexity index is 221. The Morgan fingerprint density at radius 1 is 0.750 bits per heavy atom. The van der Waals surface area contributed by atoms with E-state index in [0.717, 1.165) is 20.8 Å². The second-order valence-corrected chi connectivity index (χ2v) is 2.99. The van der Waals surface area contributed by atoms with Gasteiger partial charge in [-0.2, -0.15) is 0 Å². The number of hydrogen-bond donors (Lipinski definition) is 3. The molecule has 0 aliphatic rings. The zero-order valence-electron chi connectivity index (χ0n) is 10.9. The quantitative estimate of drug-likeness (QED) is 0.458. The van der Waals surface area contributed by atoms with Gasteiger partial charge in [0.1, 0.15) is 0 Å². The van der Waals surface area contributed by atoms with Crippen LogP contribution in [0.3, 0.4) is 0 Å². The molecule has 3 atom stereocenters. The van der Waals surface area contributed by atoms with Crippen LogP contribution in [0.4, 0.5) is 4.39 Å². The predicted octanol–water partition coefficient (Wildman–Crippen LogP) is -5.15. The molecule has 0 rings (SSSR count). The third-order valence-electron chi connectivity index (χ3n) is 1.02. The van der Waals surface area contributed by atoms with Gasteiger partial charge in [0.2, 0.25) is 0 Å². The number of aliphatic hydroxyl groups is 3. The van der Waals surface area contributed by atoms with Gasteiger partial charge in [0, 0.05) is 0 Å². The Morgan fingerprint density at radius 2 is 0.800 bits per heavy atom. The number of aliphatic carboxylic acids is 3. The van der Waals surface area contributed by atoms with Crippen molar-refractivity contribution >= 4 is 17.9 Å². The minimum atomic E-state index is -1.44. The van der Waals surface area contributed by atoms with Crippen molar-refractivity contribution in [1.29, 1.82) is 0 Å². The van der Waals surface area contributed by atoms with Crippen LogP contribution in [0.2, 0.25) is 0 Å². The van der Waals surface area contributed by atoms with Crippen LogP contribution >= 0.6 is 0 Å². The summed E-state index contributed by atoms with van der Waals surface area (Å²) < 4.78 is 8.75. The molecule has 116 valence electrons. The van der Waals surface area contributed by atoms with Gasteiger partial charge >= 0.3 is 11.6 Å². The molecule has 0 fully saturated rings. The summed E-state index contributed by atoms with van der Waals surface area (Å²) in [5, 5.41) is 51.9. The van der Waals surface area contributed by atoms with Crippen molar-refractivity contribution in [3.05, 3.63) is 7.18 Å². The Kier molecular flexibility index (Phi) is 23.0. The second kappa shape index (κ2) is 17.2. The molecule has 0 amide bonds. The maximum atomic E-state index is 9.34. The van der Waals surface area contributed by atoms with Crippen LogP contribution < -0.4 is 15.3 Å². The molecule has 3 N–H and O–H groups in total. The molecule has 0 radical (unpaired) electrons. The van der Waals surface area contributed by atoms with Crippen LogP contribution in [0.25, 0.3) is 0 Å². The molecule has 9 nitrogen and oxygen atoms in total. The van der Waals surface area contributed by atoms with Crippen molar-refractivity contribution in [3.63, 3.8) is 0 Å². The monoisotopic (exact) mass is 298 g/mol. The summed E-state index contributed by atoms with van der Waals surface area (Å²) in [6.45, 7) is 3.40. The molecule has 0 aromatic heterocycles. The van der Waals surface area contributed by atoms with Gasteiger partial charge in [-0.05, 0) is 20.8 Å². The van der Waals surface area contributed by atoms with Crippen LogP contribution in [0.15, 0.2) is 0 Å². The molecule has 10 heteroatoms. The van der Waals surface area contributed by atoms with Crippen molar-refractivity contribution < 1.29 is 49.4 Å². The van der Waals surface area contributed by atoms with Crippen molar-refractivity contribution in [2.75, 3.05) is 0 Å². The van der Waals surface area contributed by atoms with E-state index in [2.05, 4.69) is 7.18 Å². The number of carboxylic acids is 3. The molecule has 0 heterocycles. The number of halogens is 1. The zero-order valence-corrected chi connectivity index (χ0v) is 10.9. The van der Waals surface area contributed by atoms with Gasteiger partial charge in [-0.1, -0.05) is 0 Å². The van der Waals surface area contributed by atoms with Crippen molar-refractivity contribution in [2.45, 2.75) is 39.1 Å². The second-order valence-electron chi connectivity index (χ2n) is 2.99. The Balaban J connectivity index is -0.0000000902. The van der Waals surface area contributed by atoms with E-state index in [1.54, 1.807) is 0 Å². The fourth-order valence-corrected chi connectivity index (χ4v) is 0. The first-order chi connectivity index (χ1) is 8.93. The fraction of sp³-hybridized carbons (Fsp3) is 0.600. The van der Waals surface area contributed by atoms with Crippen LogP contribution in [-0.2, 0) is 14.4 Å². The molecule has 0 bridgehead atoms. The summed E-state index contributed by atoms with van der Waals surface area (Å²) in [4.78, 5) is 28.0. The van der Waals surface area contributed by atoms with Crippen molar-refractivity contribution in [3.8, 4) is 0 Å². The summed E-state index contributed by atoms with van der Waals surface area (Å²) in [6, 6.07) is 0. The first-order valence-electron chi connectivity index (χ1n) is 4.79. The summed E-state index contributed by atoms with van der Waals surface area (Å²) in [6.07, 6.45) is -4.03. The van der Waals surface area contributed by atoms with Gasteiger partial charge in [-0.15, -0.1) is 0 Å². The summed E-state index contributed by atoms with van der Waals surface area (Å²) in [5.41, 5.74) is 0. The van der Waals surface area contributed by atoms with Gasteiger partial charge in [-0.25, -0.2) is 0 Å². The zero-order chi connectivity index (χ0) is 17.5. The van der Waals surface area contributed by atoms with E-state index in [-0.39, 0.29) is 0 Å². The first-order valence-corrected chi connectivity index (χ1v) is 4.79. The number of carbonyl (C=O) groups is 3. The number of aliphatic hydroxyl groups excluding tert-OH is 3. The van der Waals surface area contributed by atoms with Crippen molar-refractivity contribution in [1.82, 2.24) is 0 Å². The molecule has 0 aliphatic carbocycles. The molecule has 3 unspecified atom stereocenters. The molecule has 0 aromatic rings. The van der Waals surface area contributed by atoms with E-state index in [1.165, 1.54) is 0 Å². The normalized spacial score (nSPS) is 12.7. The third-order valence-corrected chi connectivity index (χ3v) is 1.02. The minimum absolute atomic E-state index is 1.13. The molecule has 0 aromatic carbocycles. The van der Waals surface area contributed by atoms with Crippen LogP contribution in [0, 0.1) is 7.18 Å². The van der Waals surface area contributed by atoms with E-state index in [1.807, 2.05) is 0 Å². The van der Waals surface area contributed by atoms with E-state index in [4.69, 9.17) is 19.7 Å². The van der Waals surface area contributed by atoms with E-state index in [9.17, 15) is 29.7 Å². The summed E-state index contributed by atoms with van der Waals surface area (Å²) >= 11 is 0. The Morgan fingerprint density at radius 3 is 0.800 bits per heavy atom. The third kappa shape index (κ3) is 36.0. The first kappa shape index (κ1) is 26.7. The summed E-state index contributed by atoms with van der Waals surface area (Å²) in [7, 11) is 4.25. The number of carboxylic acid groups (broad SMARTS) is 3. The maximum absolute atomic E-state index is 9.34. The van der Waals surface area contributed by atoms with E-state index in [0.29, 0.717) is 0 Å². The number of rotatable bonds is 3. The van der Waals surface area contributed by atoms with E-state index < -0.39 is 36.2 Å². The van der Waals surface area contributed by atoms with Crippen molar-refractivity contribution in [2.24, 2.45) is 0 Å². The van der Waals surface area contributed by atoms with Gasteiger partial charge in [0.15, 0.2) is 0 Å². The average Bonchev–Trinajstić information content (AvgIpc) is 2.32. The summed E-state index contributed by atoms with van der Waals surface area (Å²) in [5.74, 6) is -4.31. The molecule has 20 heavy (non-hydrogen) atoms. The van der Waals surface area contributed by atoms with E-state index >= 15 is 0 Å². The molecule has 0 aliphatic heterocycles. The van der Waals surface area contributed by atoms with Crippen LogP contribution in [0.5, 0.6) is 0 Å². The SMILES string of the molecule is CC(O)C(=O)[O-].CC(O)C(=O)[O-].CC(O)C(=O)[O-].[C+3]F. The van der Waals surface area contributed by atoms with Crippen LogP contribution in [-0.4, -0.2) is 51.5 Å². The average molecular weight is 298 g/mol. The van der Waals surface area contributed by atoms with Gasteiger partial charge in [-0.3, -0.25) is 0 Å². The van der Waals surface area contributed by atoms with Crippen LogP contribution in [0.1, 0.15) is 20.8 Å². The number of hydrogen-bond acceptors (Lipinski definition) is 9. The predicted molar refractivity (Wildman–Crippen MR) is 54.4 cm³/mol. The standard InChI is InChI=1S/3C3H6O3.CF/c3*1-2(4)3(5)6;1-2/h3*2,4H,1H3,(H,5,6);/q;;;+3/p-3. The molecular weight excluding hydrogens is 283 g/mol. The Labute approximate surface area is 114 Å². The number of carbonyl (C=O) groups excluding carboxylic acids is 3. The Hall–Kier alpha value is -1.78. The van der Waals surface area contributed by atoms with Gasteiger partial charge < -0.3 is 45.0 Å². The van der Waals surface area contributed by atoms with Gasteiger partial charge in [0.25, 0.3) is 0 Å². The molecular formula is C10H15FO9.